The van der Waals surface area contributed by atoms with Crippen molar-refractivity contribution in [3.8, 4) is 0 Å². The van der Waals surface area contributed by atoms with Gasteiger partial charge in [-0.25, -0.2) is 19.9 Å². The van der Waals surface area contributed by atoms with E-state index < -0.39 is 0 Å². The molecule has 0 N–H and O–H groups in total. The van der Waals surface area contributed by atoms with Crippen molar-refractivity contribution < 1.29 is 0 Å². The van der Waals surface area contributed by atoms with Gasteiger partial charge < -0.3 is 0 Å². The molecule has 0 aliphatic carbocycles. The molecule has 110 valence electrons. The van der Waals surface area contributed by atoms with Crippen molar-refractivity contribution >= 4 is 0 Å². The van der Waals surface area contributed by atoms with Gasteiger partial charge in [-0.3, -0.25) is 4.90 Å². The second kappa shape index (κ2) is 5.48. The molecule has 0 atom stereocenters. The molecule has 0 unspecified atom stereocenters. The third-order valence-corrected chi connectivity index (χ3v) is 3.70. The molecular formula is C16H21N5. The summed E-state index contributed by atoms with van der Waals surface area (Å²) >= 11 is 0. The zero-order valence-corrected chi connectivity index (χ0v) is 12.9. The highest BCUT2D eigenvalue weighted by atomic mass is 15.1. The summed E-state index contributed by atoms with van der Waals surface area (Å²) in [6, 6.07) is 0. The van der Waals surface area contributed by atoms with Gasteiger partial charge in [0, 0.05) is 66.9 Å². The molecule has 21 heavy (non-hydrogen) atoms. The summed E-state index contributed by atoms with van der Waals surface area (Å²) in [6.45, 7) is 9.25. The summed E-state index contributed by atoms with van der Waals surface area (Å²) in [5.74, 6) is 0.936. The van der Waals surface area contributed by atoms with Crippen LogP contribution in [0.15, 0.2) is 24.9 Å². The van der Waals surface area contributed by atoms with Crippen LogP contribution < -0.4 is 0 Å². The van der Waals surface area contributed by atoms with Crippen LogP contribution >= 0.6 is 0 Å². The topological polar surface area (TPSA) is 54.8 Å². The standard InChI is InChI=1S/C16H21N5/c1-16(2,3)15-19-8-13-10-21(5-4-14(13)20-15)9-12-6-17-11-18-7-12/h6-8,11H,4-5,9-10H2,1-3H3. The summed E-state index contributed by atoms with van der Waals surface area (Å²) in [5.41, 5.74) is 3.60. The highest BCUT2D eigenvalue weighted by Gasteiger charge is 2.22. The minimum absolute atomic E-state index is 0.00748. The minimum Gasteiger partial charge on any atom is -0.294 e. The molecule has 0 bridgehead atoms. The summed E-state index contributed by atoms with van der Waals surface area (Å²) in [6.07, 6.45) is 8.30. The lowest BCUT2D eigenvalue weighted by Crippen LogP contribution is -2.32. The fourth-order valence-electron chi connectivity index (χ4n) is 2.54. The maximum Gasteiger partial charge on any atom is 0.133 e. The molecule has 5 heteroatoms. The van der Waals surface area contributed by atoms with Crippen LogP contribution in [0.5, 0.6) is 0 Å². The van der Waals surface area contributed by atoms with E-state index in [4.69, 9.17) is 4.98 Å². The zero-order chi connectivity index (χ0) is 14.9. The Morgan fingerprint density at radius 3 is 2.62 bits per heavy atom. The zero-order valence-electron chi connectivity index (χ0n) is 12.9. The average Bonchev–Trinajstić information content (AvgIpc) is 2.47. The van der Waals surface area contributed by atoms with Crippen molar-refractivity contribution in [2.24, 2.45) is 0 Å². The predicted octanol–water partition coefficient (Wildman–Crippen LogP) is 2.12. The quantitative estimate of drug-likeness (QED) is 0.845. The van der Waals surface area contributed by atoms with Crippen molar-refractivity contribution in [2.75, 3.05) is 6.54 Å². The lowest BCUT2D eigenvalue weighted by atomic mass is 9.95. The van der Waals surface area contributed by atoms with Crippen LogP contribution in [0.3, 0.4) is 0 Å². The van der Waals surface area contributed by atoms with Gasteiger partial charge in [0.2, 0.25) is 0 Å². The van der Waals surface area contributed by atoms with E-state index in [-0.39, 0.29) is 5.41 Å². The Morgan fingerprint density at radius 1 is 1.14 bits per heavy atom. The molecule has 1 aliphatic heterocycles. The number of nitrogens with zero attached hydrogens (tertiary/aromatic N) is 5. The van der Waals surface area contributed by atoms with Crippen LogP contribution in [-0.4, -0.2) is 31.4 Å². The van der Waals surface area contributed by atoms with Crippen LogP contribution in [-0.2, 0) is 24.9 Å². The number of hydrogen-bond acceptors (Lipinski definition) is 5. The maximum atomic E-state index is 4.76. The predicted molar refractivity (Wildman–Crippen MR) is 80.6 cm³/mol. The van der Waals surface area contributed by atoms with E-state index in [2.05, 4.69) is 40.6 Å². The van der Waals surface area contributed by atoms with Crippen molar-refractivity contribution in [1.82, 2.24) is 24.8 Å². The Labute approximate surface area is 125 Å². The molecule has 0 aromatic carbocycles. The Hall–Kier alpha value is -1.88. The van der Waals surface area contributed by atoms with Gasteiger partial charge in [-0.05, 0) is 0 Å². The Kier molecular flexibility index (Phi) is 3.68. The lowest BCUT2D eigenvalue weighted by molar-refractivity contribution is 0.241. The van der Waals surface area contributed by atoms with E-state index in [1.54, 1.807) is 6.33 Å². The minimum atomic E-state index is 0.00748. The van der Waals surface area contributed by atoms with Gasteiger partial charge in [-0.1, -0.05) is 20.8 Å². The van der Waals surface area contributed by atoms with Crippen molar-refractivity contribution in [2.45, 2.75) is 45.7 Å². The van der Waals surface area contributed by atoms with E-state index >= 15 is 0 Å². The highest BCUT2D eigenvalue weighted by Crippen LogP contribution is 2.23. The molecule has 1 aliphatic rings. The van der Waals surface area contributed by atoms with Crippen molar-refractivity contribution in [3.63, 3.8) is 0 Å². The van der Waals surface area contributed by atoms with Crippen LogP contribution in [0.4, 0.5) is 0 Å². The Morgan fingerprint density at radius 2 is 1.90 bits per heavy atom. The van der Waals surface area contributed by atoms with Crippen molar-refractivity contribution in [3.05, 3.63) is 47.6 Å². The van der Waals surface area contributed by atoms with Gasteiger partial charge in [-0.2, -0.15) is 0 Å². The molecular weight excluding hydrogens is 262 g/mol. The monoisotopic (exact) mass is 283 g/mol. The molecule has 2 aromatic heterocycles. The molecule has 0 spiro atoms. The van der Waals surface area contributed by atoms with Gasteiger partial charge in [0.05, 0.1) is 0 Å². The van der Waals surface area contributed by atoms with Gasteiger partial charge >= 0.3 is 0 Å². The molecule has 3 rings (SSSR count). The summed E-state index contributed by atoms with van der Waals surface area (Å²) in [4.78, 5) is 19.8. The Balaban J connectivity index is 1.74. The van der Waals surface area contributed by atoms with Crippen molar-refractivity contribution in [1.29, 1.82) is 0 Å². The number of hydrogen-bond donors (Lipinski definition) is 0. The average molecular weight is 283 g/mol. The van der Waals surface area contributed by atoms with E-state index in [9.17, 15) is 0 Å². The first-order chi connectivity index (χ1) is 10.0. The second-order valence-corrected chi connectivity index (χ2v) is 6.62. The van der Waals surface area contributed by atoms with E-state index in [0.29, 0.717) is 0 Å². The van der Waals surface area contributed by atoms with E-state index in [1.807, 2.05) is 18.6 Å². The summed E-state index contributed by atoms with van der Waals surface area (Å²) < 4.78 is 0. The molecule has 0 saturated carbocycles. The summed E-state index contributed by atoms with van der Waals surface area (Å²) in [5, 5.41) is 0. The molecule has 0 amide bonds. The largest absolute Gasteiger partial charge is 0.294 e. The summed E-state index contributed by atoms with van der Waals surface area (Å²) in [7, 11) is 0. The number of rotatable bonds is 2. The number of aromatic nitrogens is 4. The van der Waals surface area contributed by atoms with E-state index in [1.165, 1.54) is 11.3 Å². The first-order valence-electron chi connectivity index (χ1n) is 7.34. The van der Waals surface area contributed by atoms with Gasteiger partial charge in [0.15, 0.2) is 0 Å². The van der Waals surface area contributed by atoms with Crippen LogP contribution in [0.25, 0.3) is 0 Å². The fourth-order valence-corrected chi connectivity index (χ4v) is 2.54. The molecule has 3 heterocycles. The van der Waals surface area contributed by atoms with Gasteiger partial charge in [-0.15, -0.1) is 0 Å². The molecule has 5 nitrogen and oxygen atoms in total. The molecule has 0 fully saturated rings. The Bertz CT molecular complexity index is 618. The molecule has 2 aromatic rings. The number of fused-ring (bicyclic) bond motifs is 1. The normalized spacial score (nSPS) is 15.8. The van der Waals surface area contributed by atoms with E-state index in [0.717, 1.165) is 37.4 Å². The molecule has 0 saturated heterocycles. The smallest absolute Gasteiger partial charge is 0.133 e. The highest BCUT2D eigenvalue weighted by molar-refractivity contribution is 5.22. The third kappa shape index (κ3) is 3.24. The van der Waals surface area contributed by atoms with Gasteiger partial charge in [0.25, 0.3) is 0 Å². The van der Waals surface area contributed by atoms with Crippen LogP contribution in [0.2, 0.25) is 0 Å². The lowest BCUT2D eigenvalue weighted by Gasteiger charge is -2.28. The first-order valence-corrected chi connectivity index (χ1v) is 7.34. The second-order valence-electron chi connectivity index (χ2n) is 6.62. The third-order valence-electron chi connectivity index (χ3n) is 3.70. The fraction of sp³-hybridized carbons (Fsp3) is 0.500. The molecule has 0 radical (unpaired) electrons. The van der Waals surface area contributed by atoms with Crippen LogP contribution in [0, 0.1) is 0 Å². The van der Waals surface area contributed by atoms with Crippen LogP contribution in [0.1, 0.15) is 43.4 Å². The SMILES string of the molecule is CC(C)(C)c1ncc2c(n1)CCN(Cc1cncnc1)C2. The maximum absolute atomic E-state index is 4.76. The first kappa shape index (κ1) is 14.1. The van der Waals surface area contributed by atoms with Gasteiger partial charge in [0.1, 0.15) is 12.2 Å².